The van der Waals surface area contributed by atoms with Crippen LogP contribution in [0.15, 0.2) is 23.6 Å². The quantitative estimate of drug-likeness (QED) is 0.882. The Morgan fingerprint density at radius 3 is 2.68 bits per heavy atom. The summed E-state index contributed by atoms with van der Waals surface area (Å²) in [5.74, 6) is 1.70. The lowest BCUT2D eigenvalue weighted by Gasteiger charge is -2.10. The number of aryl methyl sites for hydroxylation is 1. The zero-order valence-electron chi connectivity index (χ0n) is 11.4. The predicted octanol–water partition coefficient (Wildman–Crippen LogP) is 2.76. The van der Waals surface area contributed by atoms with Crippen LogP contribution in [0.4, 0.5) is 0 Å². The number of nitrogens with zero attached hydrogens (tertiary/aromatic N) is 1. The Morgan fingerprint density at radius 1 is 1.21 bits per heavy atom. The lowest BCUT2D eigenvalue weighted by Crippen LogP contribution is -2.13. The van der Waals surface area contributed by atoms with E-state index < -0.39 is 0 Å². The molecular formula is C14H18N2O2S. The topological polar surface area (TPSA) is 43.4 Å². The van der Waals surface area contributed by atoms with Crippen molar-refractivity contribution in [2.24, 2.45) is 0 Å². The number of hydrogen-bond acceptors (Lipinski definition) is 5. The summed E-state index contributed by atoms with van der Waals surface area (Å²) in [6.07, 6.45) is 0. The molecule has 19 heavy (non-hydrogen) atoms. The summed E-state index contributed by atoms with van der Waals surface area (Å²) in [5, 5.41) is 6.53. The zero-order valence-corrected chi connectivity index (χ0v) is 12.2. The van der Waals surface area contributed by atoms with Crippen molar-refractivity contribution in [2.45, 2.75) is 20.0 Å². The molecule has 1 heterocycles. The monoisotopic (exact) mass is 278 g/mol. The van der Waals surface area contributed by atoms with Crippen molar-refractivity contribution in [3.63, 3.8) is 0 Å². The van der Waals surface area contributed by atoms with Gasteiger partial charge in [-0.3, -0.25) is 0 Å². The van der Waals surface area contributed by atoms with Gasteiger partial charge in [0.15, 0.2) is 0 Å². The fraction of sp³-hybridized carbons (Fsp3) is 0.357. The Balaban J connectivity index is 1.98. The molecule has 0 spiro atoms. The third kappa shape index (κ3) is 3.68. The van der Waals surface area contributed by atoms with Crippen LogP contribution in [0.1, 0.15) is 16.3 Å². The minimum atomic E-state index is 0.719. The fourth-order valence-corrected chi connectivity index (χ4v) is 2.45. The molecule has 2 aromatic rings. The van der Waals surface area contributed by atoms with Gasteiger partial charge in [0.25, 0.3) is 0 Å². The van der Waals surface area contributed by atoms with Gasteiger partial charge >= 0.3 is 0 Å². The minimum absolute atomic E-state index is 0.719. The van der Waals surface area contributed by atoms with Gasteiger partial charge in [-0.05, 0) is 25.1 Å². The van der Waals surface area contributed by atoms with E-state index in [0.29, 0.717) is 0 Å². The van der Waals surface area contributed by atoms with Gasteiger partial charge in [-0.15, -0.1) is 11.3 Å². The first-order valence-corrected chi connectivity index (χ1v) is 6.93. The molecule has 4 nitrogen and oxygen atoms in total. The highest BCUT2D eigenvalue weighted by Gasteiger charge is 2.05. The van der Waals surface area contributed by atoms with Crippen LogP contribution in [0.25, 0.3) is 0 Å². The van der Waals surface area contributed by atoms with Crippen molar-refractivity contribution in [1.82, 2.24) is 10.3 Å². The van der Waals surface area contributed by atoms with Crippen LogP contribution in [-0.2, 0) is 13.1 Å². The smallest absolute Gasteiger partial charge is 0.123 e. The molecule has 1 N–H and O–H groups in total. The highest BCUT2D eigenvalue weighted by molar-refractivity contribution is 7.09. The zero-order chi connectivity index (χ0) is 13.7. The number of methoxy groups -OCH3 is 2. The average Bonchev–Trinajstić information content (AvgIpc) is 2.84. The molecule has 2 rings (SSSR count). The normalized spacial score (nSPS) is 10.5. The maximum atomic E-state index is 5.34. The van der Waals surface area contributed by atoms with E-state index in [1.54, 1.807) is 25.6 Å². The van der Waals surface area contributed by atoms with Crippen molar-refractivity contribution in [1.29, 1.82) is 0 Å². The van der Waals surface area contributed by atoms with E-state index in [4.69, 9.17) is 9.47 Å². The molecule has 1 aromatic heterocycles. The third-order valence-corrected chi connectivity index (χ3v) is 3.60. The third-order valence-electron chi connectivity index (χ3n) is 2.78. The largest absolute Gasteiger partial charge is 0.497 e. The Bertz CT molecular complexity index is 540. The van der Waals surface area contributed by atoms with Crippen LogP contribution in [0, 0.1) is 6.92 Å². The number of aromatic nitrogens is 1. The SMILES string of the molecule is COc1ccc(OC)c(CNCc2csc(C)n2)c1. The maximum absolute atomic E-state index is 5.34. The Kier molecular flexibility index (Phi) is 4.76. The van der Waals surface area contributed by atoms with Gasteiger partial charge in [-0.2, -0.15) is 0 Å². The molecule has 0 aliphatic heterocycles. The van der Waals surface area contributed by atoms with Gasteiger partial charge < -0.3 is 14.8 Å². The summed E-state index contributed by atoms with van der Waals surface area (Å²) in [6.45, 7) is 3.49. The maximum Gasteiger partial charge on any atom is 0.123 e. The summed E-state index contributed by atoms with van der Waals surface area (Å²) in [5.41, 5.74) is 2.15. The first-order valence-electron chi connectivity index (χ1n) is 6.05. The molecule has 102 valence electrons. The predicted molar refractivity (Wildman–Crippen MR) is 76.9 cm³/mol. The first kappa shape index (κ1) is 13.8. The summed E-state index contributed by atoms with van der Waals surface area (Å²) < 4.78 is 10.6. The van der Waals surface area contributed by atoms with Crippen LogP contribution < -0.4 is 14.8 Å². The number of thiazole rings is 1. The summed E-state index contributed by atoms with van der Waals surface area (Å²) in [6, 6.07) is 5.80. The van der Waals surface area contributed by atoms with Crippen LogP contribution in [0.5, 0.6) is 11.5 Å². The molecule has 0 radical (unpaired) electrons. The molecule has 0 bridgehead atoms. The number of nitrogens with one attached hydrogen (secondary N) is 1. The van der Waals surface area contributed by atoms with E-state index in [0.717, 1.165) is 40.9 Å². The second kappa shape index (κ2) is 6.54. The van der Waals surface area contributed by atoms with E-state index in [-0.39, 0.29) is 0 Å². The van der Waals surface area contributed by atoms with E-state index in [1.807, 2.05) is 25.1 Å². The molecule has 0 saturated carbocycles. The van der Waals surface area contributed by atoms with Crippen LogP contribution in [-0.4, -0.2) is 19.2 Å². The van der Waals surface area contributed by atoms with Gasteiger partial charge in [0, 0.05) is 24.0 Å². The van der Waals surface area contributed by atoms with Gasteiger partial charge in [0.1, 0.15) is 11.5 Å². The molecule has 0 unspecified atom stereocenters. The second-order valence-electron chi connectivity index (χ2n) is 4.14. The molecular weight excluding hydrogens is 260 g/mol. The van der Waals surface area contributed by atoms with E-state index >= 15 is 0 Å². The molecule has 1 aromatic carbocycles. The Labute approximate surface area is 117 Å². The lowest BCUT2D eigenvalue weighted by atomic mass is 10.2. The number of ether oxygens (including phenoxy) is 2. The van der Waals surface area contributed by atoms with Gasteiger partial charge in [0.2, 0.25) is 0 Å². The molecule has 0 atom stereocenters. The molecule has 0 aliphatic rings. The van der Waals surface area contributed by atoms with Gasteiger partial charge in [0.05, 0.1) is 24.9 Å². The number of hydrogen-bond donors (Lipinski definition) is 1. The van der Waals surface area contributed by atoms with Crippen molar-refractivity contribution < 1.29 is 9.47 Å². The van der Waals surface area contributed by atoms with Crippen LogP contribution >= 0.6 is 11.3 Å². The lowest BCUT2D eigenvalue weighted by molar-refractivity contribution is 0.397. The molecule has 0 saturated heterocycles. The van der Waals surface area contributed by atoms with Gasteiger partial charge in [-0.1, -0.05) is 0 Å². The fourth-order valence-electron chi connectivity index (χ4n) is 1.83. The van der Waals surface area contributed by atoms with Crippen molar-refractivity contribution in [2.75, 3.05) is 14.2 Å². The standard InChI is InChI=1S/C14H18N2O2S/c1-10-16-12(9-19-10)8-15-7-11-6-13(17-2)4-5-14(11)18-3/h4-6,9,15H,7-8H2,1-3H3. The van der Waals surface area contributed by atoms with E-state index in [9.17, 15) is 0 Å². The van der Waals surface area contributed by atoms with Crippen molar-refractivity contribution >= 4 is 11.3 Å². The first-order chi connectivity index (χ1) is 9.22. The summed E-state index contributed by atoms with van der Waals surface area (Å²) >= 11 is 1.67. The number of benzene rings is 1. The van der Waals surface area contributed by atoms with E-state index in [2.05, 4.69) is 15.7 Å². The van der Waals surface area contributed by atoms with Crippen LogP contribution in [0.2, 0.25) is 0 Å². The summed E-state index contributed by atoms with van der Waals surface area (Å²) in [4.78, 5) is 4.42. The summed E-state index contributed by atoms with van der Waals surface area (Å²) in [7, 11) is 3.34. The Morgan fingerprint density at radius 2 is 2.05 bits per heavy atom. The average molecular weight is 278 g/mol. The second-order valence-corrected chi connectivity index (χ2v) is 5.20. The van der Waals surface area contributed by atoms with Gasteiger partial charge in [-0.25, -0.2) is 4.98 Å². The highest BCUT2D eigenvalue weighted by Crippen LogP contribution is 2.23. The Hall–Kier alpha value is -1.59. The molecule has 5 heteroatoms. The minimum Gasteiger partial charge on any atom is -0.497 e. The molecule has 0 fully saturated rings. The molecule has 0 aliphatic carbocycles. The number of rotatable bonds is 6. The highest BCUT2D eigenvalue weighted by atomic mass is 32.1. The van der Waals surface area contributed by atoms with Crippen molar-refractivity contribution in [3.05, 3.63) is 39.8 Å². The molecule has 0 amide bonds. The van der Waals surface area contributed by atoms with E-state index in [1.165, 1.54) is 0 Å². The van der Waals surface area contributed by atoms with Crippen molar-refractivity contribution in [3.8, 4) is 11.5 Å². The van der Waals surface area contributed by atoms with Crippen LogP contribution in [0.3, 0.4) is 0 Å².